The number of hydrogen-bond acceptors (Lipinski definition) is 6. The van der Waals surface area contributed by atoms with E-state index < -0.39 is 6.36 Å². The Bertz CT molecular complexity index is 1280. The third-order valence-electron chi connectivity index (χ3n) is 5.12. The Balaban J connectivity index is 1.73. The van der Waals surface area contributed by atoms with E-state index in [1.165, 1.54) is 6.92 Å². The number of aliphatic hydroxyl groups is 1. The SMILES string of the molecule is CC(F)Oc1ccccc1Cn1c2cc(-c3cnc(NCCO)nc3)ccc2c(=O)n1C. The van der Waals surface area contributed by atoms with Crippen LogP contribution < -0.4 is 15.6 Å². The van der Waals surface area contributed by atoms with Gasteiger partial charge in [0.25, 0.3) is 5.56 Å². The standard InChI is InChI=1S/C23H24FN5O3/c1-15(24)32-21-6-4-3-5-17(21)14-29-20-11-16(7-8-19(20)22(31)28(29)2)18-12-26-23(27-13-18)25-9-10-30/h3-8,11-13,15,30H,9-10,14H2,1-2H3,(H,25,26,27). The van der Waals surface area contributed by atoms with E-state index in [1.807, 2.05) is 28.9 Å². The summed E-state index contributed by atoms with van der Waals surface area (Å²) in [6, 6.07) is 12.8. The fourth-order valence-electron chi connectivity index (χ4n) is 3.56. The molecule has 2 aromatic carbocycles. The van der Waals surface area contributed by atoms with Gasteiger partial charge in [-0.15, -0.1) is 0 Å². The number of rotatable bonds is 8. The van der Waals surface area contributed by atoms with Crippen LogP contribution in [0.25, 0.3) is 22.0 Å². The lowest BCUT2D eigenvalue weighted by Crippen LogP contribution is -2.20. The minimum absolute atomic E-state index is 0.00821. The van der Waals surface area contributed by atoms with E-state index in [0.29, 0.717) is 30.2 Å². The summed E-state index contributed by atoms with van der Waals surface area (Å²) in [5.74, 6) is 0.867. The van der Waals surface area contributed by atoms with Crippen LogP contribution in [-0.4, -0.2) is 43.9 Å². The summed E-state index contributed by atoms with van der Waals surface area (Å²) in [6.45, 7) is 2.03. The molecule has 4 aromatic rings. The number of ether oxygens (including phenoxy) is 1. The highest BCUT2D eigenvalue weighted by Crippen LogP contribution is 2.26. The van der Waals surface area contributed by atoms with Crippen LogP contribution in [-0.2, 0) is 13.6 Å². The predicted molar refractivity (Wildman–Crippen MR) is 121 cm³/mol. The molecule has 1 atom stereocenters. The predicted octanol–water partition coefficient (Wildman–Crippen LogP) is 2.94. The van der Waals surface area contributed by atoms with Gasteiger partial charge in [0.05, 0.1) is 24.1 Å². The molecule has 0 aliphatic heterocycles. The summed E-state index contributed by atoms with van der Waals surface area (Å²) in [5.41, 5.74) is 3.02. The molecule has 4 rings (SSSR count). The first kappa shape index (κ1) is 21.5. The van der Waals surface area contributed by atoms with E-state index in [9.17, 15) is 9.18 Å². The first-order valence-electron chi connectivity index (χ1n) is 10.2. The van der Waals surface area contributed by atoms with Crippen molar-refractivity contribution in [3.8, 4) is 16.9 Å². The summed E-state index contributed by atoms with van der Waals surface area (Å²) in [6.07, 6.45) is 1.93. The topological polar surface area (TPSA) is 94.2 Å². The Hall–Kier alpha value is -3.72. The molecule has 1 unspecified atom stereocenters. The van der Waals surface area contributed by atoms with Gasteiger partial charge in [-0.3, -0.25) is 14.2 Å². The summed E-state index contributed by atoms with van der Waals surface area (Å²) in [4.78, 5) is 21.3. The maximum absolute atomic E-state index is 13.5. The average Bonchev–Trinajstić information content (AvgIpc) is 3.03. The van der Waals surface area contributed by atoms with E-state index in [4.69, 9.17) is 9.84 Å². The van der Waals surface area contributed by atoms with Crippen molar-refractivity contribution in [2.75, 3.05) is 18.5 Å². The van der Waals surface area contributed by atoms with Gasteiger partial charge in [-0.2, -0.15) is 0 Å². The Kier molecular flexibility index (Phi) is 6.18. The number of hydrogen-bond donors (Lipinski definition) is 2. The van der Waals surface area contributed by atoms with Crippen LogP contribution in [0.2, 0.25) is 0 Å². The van der Waals surface area contributed by atoms with E-state index in [2.05, 4.69) is 15.3 Å². The first-order valence-corrected chi connectivity index (χ1v) is 10.2. The molecule has 0 aliphatic rings. The van der Waals surface area contributed by atoms with Gasteiger partial charge >= 0.3 is 0 Å². The largest absolute Gasteiger partial charge is 0.460 e. The van der Waals surface area contributed by atoms with Gasteiger partial charge in [0.15, 0.2) is 0 Å². The van der Waals surface area contributed by atoms with Gasteiger partial charge in [-0.25, -0.2) is 14.4 Å². The summed E-state index contributed by atoms with van der Waals surface area (Å²) in [7, 11) is 1.70. The van der Waals surface area contributed by atoms with Crippen molar-refractivity contribution >= 4 is 16.9 Å². The van der Waals surface area contributed by atoms with Crippen LogP contribution in [0.15, 0.2) is 59.7 Å². The molecule has 32 heavy (non-hydrogen) atoms. The maximum Gasteiger partial charge on any atom is 0.274 e. The molecule has 0 radical (unpaired) electrons. The number of halogens is 1. The third-order valence-corrected chi connectivity index (χ3v) is 5.12. The Morgan fingerprint density at radius 2 is 1.91 bits per heavy atom. The molecule has 0 spiro atoms. The van der Waals surface area contributed by atoms with Crippen molar-refractivity contribution in [2.45, 2.75) is 19.8 Å². The molecular weight excluding hydrogens is 413 g/mol. The summed E-state index contributed by atoms with van der Waals surface area (Å²) >= 11 is 0. The zero-order valence-electron chi connectivity index (χ0n) is 17.8. The molecule has 9 heteroatoms. The second kappa shape index (κ2) is 9.19. The van der Waals surface area contributed by atoms with Gasteiger partial charge in [-0.1, -0.05) is 24.3 Å². The molecule has 0 amide bonds. The molecular formula is C23H24FN5O3. The highest BCUT2D eigenvalue weighted by atomic mass is 19.1. The van der Waals surface area contributed by atoms with Crippen LogP contribution in [0.3, 0.4) is 0 Å². The normalized spacial score (nSPS) is 12.1. The molecule has 2 N–H and O–H groups in total. The number of benzene rings is 2. The third kappa shape index (κ3) is 4.33. The molecule has 8 nitrogen and oxygen atoms in total. The van der Waals surface area contributed by atoms with Gasteiger partial charge < -0.3 is 15.2 Å². The van der Waals surface area contributed by atoms with Crippen molar-refractivity contribution in [3.63, 3.8) is 0 Å². The molecule has 0 fully saturated rings. The number of fused-ring (bicyclic) bond motifs is 1. The van der Waals surface area contributed by atoms with Gasteiger partial charge in [0, 0.05) is 44.0 Å². The fraction of sp³-hybridized carbons (Fsp3) is 0.261. The van der Waals surface area contributed by atoms with Gasteiger partial charge in [0.1, 0.15) is 5.75 Å². The van der Waals surface area contributed by atoms with Crippen molar-refractivity contribution in [2.24, 2.45) is 7.05 Å². The lowest BCUT2D eigenvalue weighted by molar-refractivity contribution is 0.0847. The molecule has 0 aliphatic carbocycles. The quantitative estimate of drug-likeness (QED) is 0.440. The van der Waals surface area contributed by atoms with E-state index in [0.717, 1.165) is 22.2 Å². The van der Waals surface area contributed by atoms with E-state index >= 15 is 0 Å². The van der Waals surface area contributed by atoms with E-state index in [1.54, 1.807) is 42.3 Å². The average molecular weight is 437 g/mol. The zero-order chi connectivity index (χ0) is 22.7. The second-order valence-electron chi connectivity index (χ2n) is 7.33. The minimum Gasteiger partial charge on any atom is -0.460 e. The van der Waals surface area contributed by atoms with Crippen LogP contribution in [0.5, 0.6) is 5.75 Å². The van der Waals surface area contributed by atoms with Crippen molar-refractivity contribution in [1.29, 1.82) is 0 Å². The smallest absolute Gasteiger partial charge is 0.274 e. The fourth-order valence-corrected chi connectivity index (χ4v) is 3.56. The summed E-state index contributed by atoms with van der Waals surface area (Å²) < 4.78 is 22.2. The van der Waals surface area contributed by atoms with Gasteiger partial charge in [-0.05, 0) is 23.8 Å². The molecule has 0 saturated carbocycles. The minimum atomic E-state index is -1.44. The number of nitrogens with one attached hydrogen (secondary N) is 1. The Labute approximate surface area is 183 Å². The van der Waals surface area contributed by atoms with E-state index in [-0.39, 0.29) is 12.2 Å². The van der Waals surface area contributed by atoms with Crippen LogP contribution in [0, 0.1) is 0 Å². The monoisotopic (exact) mass is 437 g/mol. The summed E-state index contributed by atoms with van der Waals surface area (Å²) in [5, 5.41) is 12.4. The van der Waals surface area contributed by atoms with Crippen LogP contribution in [0.4, 0.5) is 10.3 Å². The lowest BCUT2D eigenvalue weighted by Gasteiger charge is -2.15. The molecule has 0 saturated heterocycles. The lowest BCUT2D eigenvalue weighted by atomic mass is 10.1. The molecule has 2 aromatic heterocycles. The molecule has 2 heterocycles. The maximum atomic E-state index is 13.5. The van der Waals surface area contributed by atoms with Crippen molar-refractivity contribution < 1.29 is 14.2 Å². The highest BCUT2D eigenvalue weighted by Gasteiger charge is 2.15. The van der Waals surface area contributed by atoms with Gasteiger partial charge in [0.2, 0.25) is 12.3 Å². The number of anilines is 1. The number of alkyl halides is 1. The van der Waals surface area contributed by atoms with Crippen LogP contribution in [0.1, 0.15) is 12.5 Å². The number of aliphatic hydroxyl groups excluding tert-OH is 1. The number of nitrogens with zero attached hydrogens (tertiary/aromatic N) is 4. The molecule has 0 bridgehead atoms. The Morgan fingerprint density at radius 3 is 2.62 bits per heavy atom. The molecule has 166 valence electrons. The van der Waals surface area contributed by atoms with Crippen LogP contribution >= 0.6 is 0 Å². The van der Waals surface area contributed by atoms with Crippen molar-refractivity contribution in [1.82, 2.24) is 19.3 Å². The Morgan fingerprint density at radius 1 is 1.16 bits per heavy atom. The number of para-hydroxylation sites is 1. The zero-order valence-corrected chi connectivity index (χ0v) is 17.8. The number of aromatic nitrogens is 4. The second-order valence-corrected chi connectivity index (χ2v) is 7.33. The highest BCUT2D eigenvalue weighted by molar-refractivity contribution is 5.84. The van der Waals surface area contributed by atoms with Crippen molar-refractivity contribution in [3.05, 3.63) is 70.8 Å². The first-order chi connectivity index (χ1) is 15.5.